The predicted molar refractivity (Wildman–Crippen MR) is 212 cm³/mol. The first-order chi connectivity index (χ1) is 25.0. The van der Waals surface area contributed by atoms with E-state index in [1.54, 1.807) is 0 Å². The van der Waals surface area contributed by atoms with E-state index in [0.29, 0.717) is 11.5 Å². The number of nitrogens with zero attached hydrogens (tertiary/aromatic N) is 2. The Balaban J connectivity index is 1.21. The number of oxazole rings is 1. The SMILES string of the molecule is CC1(C)c2ccccc2-c2c(N(c3ccc4sc5ccccc5c4c3)c3cccc4oc5cc6oc(-c7ccccc7)nc6cc5c34)cccc21. The van der Waals surface area contributed by atoms with Gasteiger partial charge in [0.15, 0.2) is 5.58 Å². The quantitative estimate of drug-likeness (QED) is 0.186. The molecule has 11 rings (SSSR count). The van der Waals surface area contributed by atoms with E-state index >= 15 is 0 Å². The molecule has 10 aromatic rings. The maximum Gasteiger partial charge on any atom is 0.227 e. The van der Waals surface area contributed by atoms with Crippen LogP contribution in [0.2, 0.25) is 0 Å². The molecule has 1 aliphatic rings. The molecule has 3 aromatic heterocycles. The van der Waals surface area contributed by atoms with Crippen LogP contribution in [0.4, 0.5) is 17.1 Å². The van der Waals surface area contributed by atoms with Crippen LogP contribution in [0, 0.1) is 0 Å². The van der Waals surface area contributed by atoms with Gasteiger partial charge in [0, 0.05) is 53.9 Å². The van der Waals surface area contributed by atoms with Gasteiger partial charge < -0.3 is 13.7 Å². The summed E-state index contributed by atoms with van der Waals surface area (Å²) in [5, 5.41) is 4.57. The van der Waals surface area contributed by atoms with Crippen LogP contribution < -0.4 is 4.90 Å². The average molecular weight is 675 g/mol. The summed E-state index contributed by atoms with van der Waals surface area (Å²) < 4.78 is 15.5. The van der Waals surface area contributed by atoms with Gasteiger partial charge in [-0.15, -0.1) is 11.3 Å². The maximum absolute atomic E-state index is 6.62. The van der Waals surface area contributed by atoms with E-state index in [2.05, 4.69) is 128 Å². The van der Waals surface area contributed by atoms with Crippen molar-refractivity contribution < 1.29 is 8.83 Å². The van der Waals surface area contributed by atoms with Gasteiger partial charge in [0.25, 0.3) is 0 Å². The molecule has 242 valence electrons. The third-order valence-corrected chi connectivity index (χ3v) is 11.8. The van der Waals surface area contributed by atoms with Crippen molar-refractivity contribution in [2.45, 2.75) is 19.3 Å². The van der Waals surface area contributed by atoms with E-state index in [4.69, 9.17) is 13.8 Å². The molecule has 0 N–H and O–H groups in total. The zero-order chi connectivity index (χ0) is 33.8. The fourth-order valence-corrected chi connectivity index (χ4v) is 9.39. The predicted octanol–water partition coefficient (Wildman–Crippen LogP) is 13.5. The van der Waals surface area contributed by atoms with E-state index in [-0.39, 0.29) is 5.41 Å². The van der Waals surface area contributed by atoms with Gasteiger partial charge in [-0.25, -0.2) is 4.98 Å². The standard InChI is InChI=1S/C46H30N2O2S/c1-46(2)33-16-8-6-15-30(33)43-34(46)17-10-18-36(43)48(28-22-23-42-31(24-28)29-14-7-9-21-41(29)51-42)37-19-11-20-38-44(37)32-25-35-40(26-39(32)49-38)50-45(47-35)27-12-4-3-5-13-27/h3-26H,1-2H3. The molecule has 5 heteroatoms. The Morgan fingerprint density at radius 2 is 1.33 bits per heavy atom. The number of hydrogen-bond donors (Lipinski definition) is 0. The summed E-state index contributed by atoms with van der Waals surface area (Å²) in [6.45, 7) is 4.68. The van der Waals surface area contributed by atoms with E-state index in [1.165, 1.54) is 42.4 Å². The Hall–Kier alpha value is -6.17. The molecule has 0 radical (unpaired) electrons. The average Bonchev–Trinajstić information content (AvgIpc) is 3.91. The number of furan rings is 1. The second-order valence-corrected chi connectivity index (χ2v) is 15.0. The third kappa shape index (κ3) is 4.10. The highest BCUT2D eigenvalue weighted by Crippen LogP contribution is 2.55. The summed E-state index contributed by atoms with van der Waals surface area (Å²) in [5.41, 5.74) is 12.4. The molecular formula is C46H30N2O2S. The summed E-state index contributed by atoms with van der Waals surface area (Å²) in [5.74, 6) is 0.599. The molecule has 0 spiro atoms. The molecular weight excluding hydrogens is 645 g/mol. The molecule has 0 aliphatic heterocycles. The molecule has 0 unspecified atom stereocenters. The number of aromatic nitrogens is 1. The Kier molecular flexibility index (Phi) is 5.85. The van der Waals surface area contributed by atoms with Gasteiger partial charge in [0.1, 0.15) is 16.7 Å². The second-order valence-electron chi connectivity index (χ2n) is 13.9. The first-order valence-electron chi connectivity index (χ1n) is 17.3. The number of benzene rings is 7. The van der Waals surface area contributed by atoms with Crippen LogP contribution in [0.15, 0.2) is 154 Å². The van der Waals surface area contributed by atoms with Gasteiger partial charge in [-0.1, -0.05) is 92.7 Å². The minimum Gasteiger partial charge on any atom is -0.456 e. The fourth-order valence-electron chi connectivity index (χ4n) is 8.30. The van der Waals surface area contributed by atoms with Crippen molar-refractivity contribution in [2.75, 3.05) is 4.90 Å². The van der Waals surface area contributed by atoms with Crippen molar-refractivity contribution in [3.63, 3.8) is 0 Å². The summed E-state index contributed by atoms with van der Waals surface area (Å²) in [6.07, 6.45) is 0. The van der Waals surface area contributed by atoms with E-state index in [0.717, 1.165) is 50.1 Å². The summed E-state index contributed by atoms with van der Waals surface area (Å²) in [7, 11) is 0. The highest BCUT2D eigenvalue weighted by atomic mass is 32.1. The minimum absolute atomic E-state index is 0.134. The van der Waals surface area contributed by atoms with Crippen LogP contribution >= 0.6 is 11.3 Å². The van der Waals surface area contributed by atoms with Crippen molar-refractivity contribution in [3.8, 4) is 22.6 Å². The molecule has 0 bridgehead atoms. The Morgan fingerprint density at radius 3 is 2.25 bits per heavy atom. The van der Waals surface area contributed by atoms with E-state index < -0.39 is 0 Å². The fraction of sp³-hybridized carbons (Fsp3) is 0.0652. The zero-order valence-electron chi connectivity index (χ0n) is 28.0. The van der Waals surface area contributed by atoms with Crippen molar-refractivity contribution in [2.24, 2.45) is 0 Å². The summed E-state index contributed by atoms with van der Waals surface area (Å²) in [6, 6.07) is 51.8. The van der Waals surface area contributed by atoms with Gasteiger partial charge in [0.05, 0.1) is 16.8 Å². The summed E-state index contributed by atoms with van der Waals surface area (Å²) >= 11 is 1.84. The van der Waals surface area contributed by atoms with Gasteiger partial charge in [-0.3, -0.25) is 0 Å². The van der Waals surface area contributed by atoms with E-state index in [9.17, 15) is 0 Å². The van der Waals surface area contributed by atoms with Gasteiger partial charge >= 0.3 is 0 Å². The van der Waals surface area contributed by atoms with E-state index in [1.807, 2.05) is 47.7 Å². The van der Waals surface area contributed by atoms with Crippen LogP contribution in [-0.2, 0) is 5.41 Å². The molecule has 0 fully saturated rings. The van der Waals surface area contributed by atoms with Crippen molar-refractivity contribution in [1.29, 1.82) is 0 Å². The van der Waals surface area contributed by atoms with Gasteiger partial charge in [-0.05, 0) is 77.4 Å². The largest absolute Gasteiger partial charge is 0.456 e. The first-order valence-corrected chi connectivity index (χ1v) is 18.1. The second kappa shape index (κ2) is 10.4. The number of rotatable bonds is 4. The number of anilines is 3. The summed E-state index contributed by atoms with van der Waals surface area (Å²) in [4.78, 5) is 7.38. The Bertz CT molecular complexity index is 3020. The van der Waals surface area contributed by atoms with Gasteiger partial charge in [0.2, 0.25) is 5.89 Å². The van der Waals surface area contributed by atoms with Crippen molar-refractivity contribution >= 4 is 81.6 Å². The first kappa shape index (κ1) is 28.6. The molecule has 0 saturated heterocycles. The number of fused-ring (bicyclic) bond motifs is 10. The van der Waals surface area contributed by atoms with Crippen LogP contribution in [0.1, 0.15) is 25.0 Å². The normalized spacial score (nSPS) is 13.5. The smallest absolute Gasteiger partial charge is 0.227 e. The third-order valence-electron chi connectivity index (χ3n) is 10.7. The Morgan fingerprint density at radius 1 is 0.569 bits per heavy atom. The van der Waals surface area contributed by atoms with Crippen LogP contribution in [0.25, 0.3) is 75.8 Å². The van der Waals surface area contributed by atoms with Crippen LogP contribution in [-0.4, -0.2) is 4.98 Å². The van der Waals surface area contributed by atoms with Gasteiger partial charge in [-0.2, -0.15) is 0 Å². The molecule has 0 saturated carbocycles. The minimum atomic E-state index is -0.134. The molecule has 0 atom stereocenters. The van der Waals surface area contributed by atoms with Crippen molar-refractivity contribution in [1.82, 2.24) is 4.98 Å². The van der Waals surface area contributed by atoms with Crippen LogP contribution in [0.5, 0.6) is 0 Å². The van der Waals surface area contributed by atoms with Crippen LogP contribution in [0.3, 0.4) is 0 Å². The Labute approximate surface area is 297 Å². The molecule has 51 heavy (non-hydrogen) atoms. The molecule has 4 nitrogen and oxygen atoms in total. The lowest BCUT2D eigenvalue weighted by Gasteiger charge is -2.29. The topological polar surface area (TPSA) is 42.4 Å². The molecule has 1 aliphatic carbocycles. The van der Waals surface area contributed by atoms with Crippen molar-refractivity contribution in [3.05, 3.63) is 157 Å². The lowest BCUT2D eigenvalue weighted by Crippen LogP contribution is -2.16. The molecule has 3 heterocycles. The lowest BCUT2D eigenvalue weighted by atomic mass is 9.82. The zero-order valence-corrected chi connectivity index (χ0v) is 28.8. The highest BCUT2D eigenvalue weighted by molar-refractivity contribution is 7.25. The highest BCUT2D eigenvalue weighted by Gasteiger charge is 2.38. The molecule has 7 aromatic carbocycles. The number of hydrogen-bond acceptors (Lipinski definition) is 5. The maximum atomic E-state index is 6.62. The monoisotopic (exact) mass is 674 g/mol. The number of thiophene rings is 1. The molecule has 0 amide bonds. The lowest BCUT2D eigenvalue weighted by molar-refractivity contribution is 0.617.